The van der Waals surface area contributed by atoms with Crippen molar-refractivity contribution >= 4 is 11.8 Å². The molecular weight excluding hydrogens is 261 g/mol. The van der Waals surface area contributed by atoms with Gasteiger partial charge in [-0.2, -0.15) is 18.2 Å². The lowest BCUT2D eigenvalue weighted by Crippen LogP contribution is -2.20. The largest absolute Gasteiger partial charge is 0.433 e. The van der Waals surface area contributed by atoms with Crippen molar-refractivity contribution in [2.75, 3.05) is 30.8 Å². The van der Waals surface area contributed by atoms with Crippen molar-refractivity contribution in [2.24, 2.45) is 0 Å². The number of nitrogens with one attached hydrogen (secondary N) is 2. The normalized spacial score (nSPS) is 13.2. The molecule has 108 valence electrons. The van der Waals surface area contributed by atoms with Crippen molar-refractivity contribution in [1.29, 1.82) is 0 Å². The summed E-state index contributed by atoms with van der Waals surface area (Å²) < 4.78 is 43.1. The average Bonchev–Trinajstić information content (AvgIpc) is 2.35. The molecule has 0 aliphatic heterocycles. The fourth-order valence-corrected chi connectivity index (χ4v) is 1.25. The molecule has 0 aliphatic carbocycles. The number of hydrogen-bond donors (Lipinski definition) is 2. The molecule has 0 bridgehead atoms. The van der Waals surface area contributed by atoms with E-state index in [-0.39, 0.29) is 17.9 Å². The van der Waals surface area contributed by atoms with Crippen LogP contribution < -0.4 is 10.6 Å². The van der Waals surface area contributed by atoms with E-state index in [9.17, 15) is 13.2 Å². The van der Waals surface area contributed by atoms with Gasteiger partial charge in [-0.25, -0.2) is 4.98 Å². The highest BCUT2D eigenvalue weighted by molar-refractivity contribution is 5.43. The minimum Gasteiger partial charge on any atom is -0.380 e. The number of aromatic nitrogens is 2. The molecule has 5 nitrogen and oxygen atoms in total. The van der Waals surface area contributed by atoms with Gasteiger partial charge in [-0.05, 0) is 13.8 Å². The number of methoxy groups -OCH3 is 1. The third kappa shape index (κ3) is 4.90. The van der Waals surface area contributed by atoms with Crippen LogP contribution in [0.1, 0.15) is 19.5 Å². The SMILES string of the molecule is CCNc1nc(NCC(C)OC)cc(C(F)(F)F)n1. The second-order valence-corrected chi connectivity index (χ2v) is 3.92. The summed E-state index contributed by atoms with van der Waals surface area (Å²) in [7, 11) is 1.53. The number of rotatable bonds is 6. The van der Waals surface area contributed by atoms with Gasteiger partial charge in [0.15, 0.2) is 5.69 Å². The summed E-state index contributed by atoms with van der Waals surface area (Å²) in [6.45, 7) is 4.35. The van der Waals surface area contributed by atoms with Gasteiger partial charge in [0.1, 0.15) is 5.82 Å². The minimum atomic E-state index is -4.50. The van der Waals surface area contributed by atoms with Gasteiger partial charge >= 0.3 is 6.18 Å². The lowest BCUT2D eigenvalue weighted by atomic mass is 10.3. The van der Waals surface area contributed by atoms with Crippen molar-refractivity contribution in [1.82, 2.24) is 9.97 Å². The molecule has 0 saturated carbocycles. The standard InChI is InChI=1S/C11H17F3N4O/c1-4-15-10-17-8(11(12,13)14)5-9(18-10)16-6-7(2)19-3/h5,7H,4,6H2,1-3H3,(H2,15,16,17,18). The lowest BCUT2D eigenvalue weighted by molar-refractivity contribution is -0.141. The van der Waals surface area contributed by atoms with E-state index in [4.69, 9.17) is 4.74 Å². The zero-order valence-electron chi connectivity index (χ0n) is 11.0. The second-order valence-electron chi connectivity index (χ2n) is 3.92. The average molecular weight is 278 g/mol. The van der Waals surface area contributed by atoms with Gasteiger partial charge in [0, 0.05) is 26.3 Å². The lowest BCUT2D eigenvalue weighted by Gasteiger charge is -2.14. The van der Waals surface area contributed by atoms with E-state index in [1.807, 2.05) is 0 Å². The zero-order chi connectivity index (χ0) is 14.5. The molecule has 0 spiro atoms. The molecule has 0 saturated heterocycles. The quantitative estimate of drug-likeness (QED) is 0.836. The monoisotopic (exact) mass is 278 g/mol. The van der Waals surface area contributed by atoms with E-state index >= 15 is 0 Å². The molecule has 0 aromatic carbocycles. The molecule has 0 radical (unpaired) electrons. The topological polar surface area (TPSA) is 59.1 Å². The number of nitrogens with zero attached hydrogens (tertiary/aromatic N) is 2. The highest BCUT2D eigenvalue weighted by Gasteiger charge is 2.33. The Morgan fingerprint density at radius 3 is 2.53 bits per heavy atom. The molecule has 1 rings (SSSR count). The number of alkyl halides is 3. The van der Waals surface area contributed by atoms with E-state index in [0.717, 1.165) is 6.07 Å². The highest BCUT2D eigenvalue weighted by Crippen LogP contribution is 2.29. The number of hydrogen-bond acceptors (Lipinski definition) is 5. The Hall–Kier alpha value is -1.57. The molecule has 0 aliphatic rings. The first-order valence-electron chi connectivity index (χ1n) is 5.83. The molecule has 8 heteroatoms. The smallest absolute Gasteiger partial charge is 0.380 e. The van der Waals surface area contributed by atoms with Gasteiger partial charge in [0.2, 0.25) is 5.95 Å². The molecule has 19 heavy (non-hydrogen) atoms. The van der Waals surface area contributed by atoms with E-state index in [2.05, 4.69) is 20.6 Å². The number of ether oxygens (including phenoxy) is 1. The van der Waals surface area contributed by atoms with Crippen molar-refractivity contribution in [3.8, 4) is 0 Å². The van der Waals surface area contributed by atoms with Gasteiger partial charge in [-0.3, -0.25) is 0 Å². The van der Waals surface area contributed by atoms with Crippen LogP contribution >= 0.6 is 0 Å². The summed E-state index contributed by atoms with van der Waals surface area (Å²) in [6, 6.07) is 0.878. The van der Waals surface area contributed by atoms with Crippen LogP contribution in [0.4, 0.5) is 24.9 Å². The fourth-order valence-electron chi connectivity index (χ4n) is 1.25. The first-order valence-corrected chi connectivity index (χ1v) is 5.83. The predicted molar refractivity (Wildman–Crippen MR) is 66.2 cm³/mol. The van der Waals surface area contributed by atoms with Gasteiger partial charge in [0.25, 0.3) is 0 Å². The van der Waals surface area contributed by atoms with Crippen LogP contribution in [0.5, 0.6) is 0 Å². The van der Waals surface area contributed by atoms with E-state index in [0.29, 0.717) is 13.1 Å². The maximum absolute atomic E-state index is 12.7. The van der Waals surface area contributed by atoms with E-state index in [1.165, 1.54) is 7.11 Å². The van der Waals surface area contributed by atoms with Crippen LogP contribution in [0.15, 0.2) is 6.07 Å². The molecule has 0 amide bonds. The molecule has 1 heterocycles. The minimum absolute atomic E-state index is 0.0510. The third-order valence-corrected chi connectivity index (χ3v) is 2.32. The third-order valence-electron chi connectivity index (χ3n) is 2.32. The second kappa shape index (κ2) is 6.55. The van der Waals surface area contributed by atoms with Crippen LogP contribution in [0.3, 0.4) is 0 Å². The van der Waals surface area contributed by atoms with Gasteiger partial charge < -0.3 is 15.4 Å². The summed E-state index contributed by atoms with van der Waals surface area (Å²) in [6.07, 6.45) is -4.64. The molecule has 2 N–H and O–H groups in total. The predicted octanol–water partition coefficient (Wildman–Crippen LogP) is 2.37. The maximum atomic E-state index is 12.7. The molecule has 1 aromatic rings. The van der Waals surface area contributed by atoms with E-state index in [1.54, 1.807) is 13.8 Å². The van der Waals surface area contributed by atoms with Gasteiger partial charge in [0.05, 0.1) is 6.10 Å². The highest BCUT2D eigenvalue weighted by atomic mass is 19.4. The summed E-state index contributed by atoms with van der Waals surface area (Å²) in [5, 5.41) is 5.46. The maximum Gasteiger partial charge on any atom is 0.433 e. The van der Waals surface area contributed by atoms with Crippen LogP contribution in [0, 0.1) is 0 Å². The van der Waals surface area contributed by atoms with Crippen LogP contribution in [0.25, 0.3) is 0 Å². The van der Waals surface area contributed by atoms with Crippen LogP contribution in [-0.4, -0.2) is 36.3 Å². The Balaban J connectivity index is 2.93. The van der Waals surface area contributed by atoms with Crippen molar-refractivity contribution < 1.29 is 17.9 Å². The van der Waals surface area contributed by atoms with Crippen molar-refractivity contribution in [2.45, 2.75) is 26.1 Å². The van der Waals surface area contributed by atoms with Crippen molar-refractivity contribution in [3.63, 3.8) is 0 Å². The Morgan fingerprint density at radius 2 is 2.00 bits per heavy atom. The fraction of sp³-hybridized carbons (Fsp3) is 0.636. The first kappa shape index (κ1) is 15.5. The number of anilines is 2. The van der Waals surface area contributed by atoms with E-state index < -0.39 is 11.9 Å². The Bertz CT molecular complexity index is 411. The Labute approximate surface area is 109 Å². The molecule has 1 unspecified atom stereocenters. The first-order chi connectivity index (χ1) is 8.86. The Kier molecular flexibility index (Phi) is 5.34. The Morgan fingerprint density at radius 1 is 1.32 bits per heavy atom. The zero-order valence-corrected chi connectivity index (χ0v) is 11.0. The summed E-state index contributed by atoms with van der Waals surface area (Å²) in [5.41, 5.74) is -0.981. The molecule has 1 atom stereocenters. The number of halogens is 3. The van der Waals surface area contributed by atoms with Gasteiger partial charge in [-0.15, -0.1) is 0 Å². The van der Waals surface area contributed by atoms with Gasteiger partial charge in [-0.1, -0.05) is 0 Å². The van der Waals surface area contributed by atoms with Crippen LogP contribution in [-0.2, 0) is 10.9 Å². The summed E-state index contributed by atoms with van der Waals surface area (Å²) in [5.74, 6) is 0.0621. The molecular formula is C11H17F3N4O. The molecule has 0 fully saturated rings. The molecule has 1 aromatic heterocycles. The van der Waals surface area contributed by atoms with Crippen LogP contribution in [0.2, 0.25) is 0 Å². The summed E-state index contributed by atoms with van der Waals surface area (Å²) >= 11 is 0. The summed E-state index contributed by atoms with van der Waals surface area (Å²) in [4.78, 5) is 7.38. The van der Waals surface area contributed by atoms with Crippen molar-refractivity contribution in [3.05, 3.63) is 11.8 Å².